The van der Waals surface area contributed by atoms with Gasteiger partial charge in [-0.05, 0) is 55.0 Å². The molecule has 2 aromatic carbocycles. The van der Waals surface area contributed by atoms with E-state index in [9.17, 15) is 9.18 Å². The van der Waals surface area contributed by atoms with Crippen LogP contribution in [-0.4, -0.2) is 43.6 Å². The van der Waals surface area contributed by atoms with Gasteiger partial charge in [-0.25, -0.2) is 4.39 Å². The Labute approximate surface area is 155 Å². The van der Waals surface area contributed by atoms with Crippen molar-refractivity contribution in [3.8, 4) is 5.75 Å². The minimum atomic E-state index is -0.238. The Bertz CT molecular complexity index is 744. The molecule has 1 aliphatic rings. The molecule has 0 aromatic heterocycles. The van der Waals surface area contributed by atoms with Gasteiger partial charge in [-0.1, -0.05) is 15.9 Å². The summed E-state index contributed by atoms with van der Waals surface area (Å²) in [5, 5.41) is 0. The fraction of sp³-hybridized carbons (Fsp3) is 0.316. The summed E-state index contributed by atoms with van der Waals surface area (Å²) in [7, 11) is 0. The van der Waals surface area contributed by atoms with Crippen molar-refractivity contribution >= 4 is 27.5 Å². The van der Waals surface area contributed by atoms with Crippen LogP contribution in [0.4, 0.5) is 10.1 Å². The lowest BCUT2D eigenvalue weighted by molar-refractivity contribution is -0.133. The van der Waals surface area contributed by atoms with Crippen molar-refractivity contribution in [2.75, 3.05) is 37.7 Å². The van der Waals surface area contributed by atoms with Crippen molar-refractivity contribution in [2.24, 2.45) is 0 Å². The zero-order chi connectivity index (χ0) is 17.8. The molecular weight excluding hydrogens is 387 g/mol. The summed E-state index contributed by atoms with van der Waals surface area (Å²) < 4.78 is 19.6. The molecule has 4 nitrogen and oxygen atoms in total. The molecule has 3 rings (SSSR count). The fourth-order valence-corrected chi connectivity index (χ4v) is 3.06. The maximum absolute atomic E-state index is 13.0. The van der Waals surface area contributed by atoms with E-state index in [-0.39, 0.29) is 18.3 Å². The van der Waals surface area contributed by atoms with E-state index >= 15 is 0 Å². The van der Waals surface area contributed by atoms with Gasteiger partial charge in [-0.15, -0.1) is 0 Å². The predicted molar refractivity (Wildman–Crippen MR) is 99.6 cm³/mol. The van der Waals surface area contributed by atoms with Crippen molar-refractivity contribution in [3.05, 3.63) is 58.3 Å². The minimum absolute atomic E-state index is 0.0145. The molecule has 1 fully saturated rings. The first-order valence-electron chi connectivity index (χ1n) is 8.20. The summed E-state index contributed by atoms with van der Waals surface area (Å²) in [6, 6.07) is 12.1. The van der Waals surface area contributed by atoms with Crippen molar-refractivity contribution < 1.29 is 13.9 Å². The maximum atomic E-state index is 13.0. The zero-order valence-corrected chi connectivity index (χ0v) is 15.6. The maximum Gasteiger partial charge on any atom is 0.260 e. The molecule has 1 heterocycles. The number of carbonyl (C=O) groups excluding carboxylic acids is 1. The third-order valence-electron chi connectivity index (χ3n) is 4.32. The Morgan fingerprint density at radius 1 is 1.12 bits per heavy atom. The number of benzene rings is 2. The van der Waals surface area contributed by atoms with Gasteiger partial charge in [0.05, 0.1) is 0 Å². The molecule has 0 atom stereocenters. The van der Waals surface area contributed by atoms with Gasteiger partial charge in [0, 0.05) is 36.3 Å². The highest BCUT2D eigenvalue weighted by atomic mass is 79.9. The van der Waals surface area contributed by atoms with Gasteiger partial charge < -0.3 is 14.5 Å². The SMILES string of the molecule is Cc1cc(OCC(=O)N2CCN(c3ccc(F)cc3)CC2)ccc1Br. The van der Waals surface area contributed by atoms with E-state index in [0.29, 0.717) is 18.8 Å². The number of aryl methyl sites for hydroxylation is 1. The lowest BCUT2D eigenvalue weighted by Crippen LogP contribution is -2.50. The minimum Gasteiger partial charge on any atom is -0.484 e. The molecule has 0 saturated carbocycles. The number of anilines is 1. The van der Waals surface area contributed by atoms with Crippen LogP contribution < -0.4 is 9.64 Å². The monoisotopic (exact) mass is 406 g/mol. The Hall–Kier alpha value is -2.08. The van der Waals surface area contributed by atoms with E-state index in [2.05, 4.69) is 20.8 Å². The van der Waals surface area contributed by atoms with E-state index in [1.165, 1.54) is 12.1 Å². The third-order valence-corrected chi connectivity index (χ3v) is 5.21. The van der Waals surface area contributed by atoms with Crippen LogP contribution in [0.2, 0.25) is 0 Å². The van der Waals surface area contributed by atoms with Crippen LogP contribution in [0, 0.1) is 12.7 Å². The highest BCUT2D eigenvalue weighted by Gasteiger charge is 2.21. The summed E-state index contributed by atoms with van der Waals surface area (Å²) in [6.45, 7) is 4.76. The lowest BCUT2D eigenvalue weighted by Gasteiger charge is -2.36. The number of halogens is 2. The van der Waals surface area contributed by atoms with Crippen LogP contribution in [-0.2, 0) is 4.79 Å². The van der Waals surface area contributed by atoms with Crippen molar-refractivity contribution in [3.63, 3.8) is 0 Å². The molecule has 2 aromatic rings. The first-order valence-corrected chi connectivity index (χ1v) is 8.99. The number of nitrogens with zero attached hydrogens (tertiary/aromatic N) is 2. The van der Waals surface area contributed by atoms with Gasteiger partial charge in [0.25, 0.3) is 5.91 Å². The molecule has 0 aliphatic carbocycles. The Morgan fingerprint density at radius 3 is 2.44 bits per heavy atom. The first kappa shape index (κ1) is 17.7. The average molecular weight is 407 g/mol. The second kappa shape index (κ2) is 7.87. The lowest BCUT2D eigenvalue weighted by atomic mass is 10.2. The molecule has 1 aliphatic heterocycles. The summed E-state index contributed by atoms with van der Waals surface area (Å²) in [5.41, 5.74) is 2.05. The van der Waals surface area contributed by atoms with Crippen LogP contribution in [0.5, 0.6) is 5.75 Å². The largest absolute Gasteiger partial charge is 0.484 e. The van der Waals surface area contributed by atoms with E-state index in [0.717, 1.165) is 28.8 Å². The Morgan fingerprint density at radius 2 is 1.80 bits per heavy atom. The molecule has 0 unspecified atom stereocenters. The van der Waals surface area contributed by atoms with Crippen LogP contribution in [0.15, 0.2) is 46.9 Å². The van der Waals surface area contributed by atoms with E-state index in [1.54, 1.807) is 12.1 Å². The molecule has 0 N–H and O–H groups in total. The predicted octanol–water partition coefficient (Wildman–Crippen LogP) is 3.62. The van der Waals surface area contributed by atoms with E-state index in [4.69, 9.17) is 4.74 Å². The van der Waals surface area contributed by atoms with E-state index < -0.39 is 0 Å². The van der Waals surface area contributed by atoms with Gasteiger partial charge >= 0.3 is 0 Å². The molecule has 1 saturated heterocycles. The van der Waals surface area contributed by atoms with Gasteiger partial charge in [0.1, 0.15) is 11.6 Å². The average Bonchev–Trinajstić information content (AvgIpc) is 2.63. The van der Waals surface area contributed by atoms with Crippen molar-refractivity contribution in [1.82, 2.24) is 4.90 Å². The Kier molecular flexibility index (Phi) is 5.58. The molecule has 0 spiro atoms. The van der Waals surface area contributed by atoms with Gasteiger partial charge in [0.15, 0.2) is 6.61 Å². The topological polar surface area (TPSA) is 32.8 Å². The number of carbonyl (C=O) groups is 1. The van der Waals surface area contributed by atoms with Gasteiger partial charge in [-0.3, -0.25) is 4.79 Å². The van der Waals surface area contributed by atoms with Gasteiger partial charge in [-0.2, -0.15) is 0 Å². The van der Waals surface area contributed by atoms with Crippen LogP contribution in [0.25, 0.3) is 0 Å². The highest BCUT2D eigenvalue weighted by Crippen LogP contribution is 2.22. The second-order valence-corrected chi connectivity index (χ2v) is 6.90. The summed E-state index contributed by atoms with van der Waals surface area (Å²) in [5.74, 6) is 0.441. The van der Waals surface area contributed by atoms with Crippen molar-refractivity contribution in [1.29, 1.82) is 0 Å². The molecule has 25 heavy (non-hydrogen) atoms. The number of amides is 1. The molecule has 6 heteroatoms. The quantitative estimate of drug-likeness (QED) is 0.776. The fourth-order valence-electron chi connectivity index (χ4n) is 2.81. The number of piperazine rings is 1. The van der Waals surface area contributed by atoms with Crippen LogP contribution in [0.1, 0.15) is 5.56 Å². The number of hydrogen-bond acceptors (Lipinski definition) is 3. The zero-order valence-electron chi connectivity index (χ0n) is 14.0. The molecule has 0 bridgehead atoms. The molecule has 1 amide bonds. The third kappa shape index (κ3) is 4.51. The number of ether oxygens (including phenoxy) is 1. The normalized spacial score (nSPS) is 14.5. The molecule has 132 valence electrons. The smallest absolute Gasteiger partial charge is 0.260 e. The Balaban J connectivity index is 1.49. The summed E-state index contributed by atoms with van der Waals surface area (Å²) >= 11 is 3.44. The highest BCUT2D eigenvalue weighted by molar-refractivity contribution is 9.10. The molecular formula is C19H20BrFN2O2. The molecule has 0 radical (unpaired) electrons. The van der Waals surface area contributed by atoms with Crippen molar-refractivity contribution in [2.45, 2.75) is 6.92 Å². The number of rotatable bonds is 4. The second-order valence-electron chi connectivity index (χ2n) is 6.04. The first-order chi connectivity index (χ1) is 12.0. The van der Waals surface area contributed by atoms with E-state index in [1.807, 2.05) is 30.0 Å². The standard InChI is InChI=1S/C19H20BrFN2O2/c1-14-12-17(6-7-18(14)20)25-13-19(24)23-10-8-22(9-11-23)16-4-2-15(21)3-5-16/h2-7,12H,8-11,13H2,1H3. The summed E-state index contributed by atoms with van der Waals surface area (Å²) in [4.78, 5) is 16.3. The van der Waals surface area contributed by atoms with Crippen LogP contribution in [0.3, 0.4) is 0 Å². The number of hydrogen-bond donors (Lipinski definition) is 0. The van der Waals surface area contributed by atoms with Crippen LogP contribution >= 0.6 is 15.9 Å². The van der Waals surface area contributed by atoms with Gasteiger partial charge in [0.2, 0.25) is 0 Å². The summed E-state index contributed by atoms with van der Waals surface area (Å²) in [6.07, 6.45) is 0.